The monoisotopic (exact) mass is 256 g/mol. The van der Waals surface area contributed by atoms with Crippen molar-refractivity contribution in [2.45, 2.75) is 32.6 Å². The Bertz CT molecular complexity index is 540. The summed E-state index contributed by atoms with van der Waals surface area (Å²) in [5, 5.41) is 4.10. The number of hydrogen-bond acceptors (Lipinski definition) is 2. The third kappa shape index (κ3) is 4.36. The molecule has 0 unspecified atom stereocenters. The van der Waals surface area contributed by atoms with Crippen molar-refractivity contribution >= 4 is 5.78 Å². The molecule has 0 N–H and O–H groups in total. The first kappa shape index (κ1) is 13.5. The molecular weight excluding hydrogens is 236 g/mol. The minimum Gasteiger partial charge on any atom is -0.300 e. The summed E-state index contributed by atoms with van der Waals surface area (Å²) in [5.74, 6) is 0.324. The molecule has 19 heavy (non-hydrogen) atoms. The zero-order valence-corrected chi connectivity index (χ0v) is 11.6. The Labute approximate surface area is 114 Å². The molecule has 0 atom stereocenters. The van der Waals surface area contributed by atoms with Crippen LogP contribution >= 0.6 is 0 Å². The van der Waals surface area contributed by atoms with Gasteiger partial charge in [-0.05, 0) is 30.9 Å². The summed E-state index contributed by atoms with van der Waals surface area (Å²) in [5.41, 5.74) is 3.62. The van der Waals surface area contributed by atoms with Gasteiger partial charge in [0.1, 0.15) is 5.78 Å². The summed E-state index contributed by atoms with van der Waals surface area (Å²) in [6.07, 6.45) is 6.66. The number of nitrogens with zero attached hydrogens (tertiary/aromatic N) is 2. The summed E-state index contributed by atoms with van der Waals surface area (Å²) in [7, 11) is 1.89. The summed E-state index contributed by atoms with van der Waals surface area (Å²) in [6, 6.07) is 8.39. The van der Waals surface area contributed by atoms with Crippen LogP contribution in [0.3, 0.4) is 0 Å². The number of benzene rings is 1. The predicted molar refractivity (Wildman–Crippen MR) is 76.0 cm³/mol. The second kappa shape index (κ2) is 6.32. The van der Waals surface area contributed by atoms with Crippen LogP contribution in [-0.4, -0.2) is 15.6 Å². The van der Waals surface area contributed by atoms with Gasteiger partial charge >= 0.3 is 0 Å². The zero-order chi connectivity index (χ0) is 13.7. The largest absolute Gasteiger partial charge is 0.300 e. The maximum absolute atomic E-state index is 11.8. The van der Waals surface area contributed by atoms with Crippen molar-refractivity contribution in [2.24, 2.45) is 7.05 Å². The molecule has 2 rings (SSSR count). The molecule has 0 fully saturated rings. The fraction of sp³-hybridized carbons (Fsp3) is 0.375. The zero-order valence-electron chi connectivity index (χ0n) is 11.6. The molecule has 0 saturated carbocycles. The van der Waals surface area contributed by atoms with E-state index in [0.29, 0.717) is 18.6 Å². The van der Waals surface area contributed by atoms with Gasteiger partial charge in [-0.15, -0.1) is 0 Å². The summed E-state index contributed by atoms with van der Waals surface area (Å²) < 4.78 is 1.77. The maximum Gasteiger partial charge on any atom is 0.133 e. The first-order valence-electron chi connectivity index (χ1n) is 6.68. The number of ketones is 1. The Hall–Kier alpha value is -1.90. The van der Waals surface area contributed by atoms with Crippen LogP contribution in [0.2, 0.25) is 0 Å². The van der Waals surface area contributed by atoms with Crippen molar-refractivity contribution in [2.75, 3.05) is 0 Å². The lowest BCUT2D eigenvalue weighted by Gasteiger charge is -2.02. The van der Waals surface area contributed by atoms with E-state index < -0.39 is 0 Å². The number of Topliss-reactive ketones (excluding diaryl/α,β-unsaturated/α-hetero) is 1. The minimum atomic E-state index is 0.324. The van der Waals surface area contributed by atoms with Crippen molar-refractivity contribution in [3.8, 4) is 0 Å². The molecule has 0 aliphatic rings. The third-order valence-corrected chi connectivity index (χ3v) is 3.26. The number of aromatic nitrogens is 2. The minimum absolute atomic E-state index is 0.324. The number of carbonyl (C=O) groups is 1. The van der Waals surface area contributed by atoms with Crippen molar-refractivity contribution in [1.82, 2.24) is 9.78 Å². The topological polar surface area (TPSA) is 34.9 Å². The Morgan fingerprint density at radius 1 is 1.11 bits per heavy atom. The number of aryl methyl sites for hydroxylation is 4. The molecule has 0 aliphatic carbocycles. The van der Waals surface area contributed by atoms with Crippen LogP contribution in [0, 0.1) is 6.92 Å². The van der Waals surface area contributed by atoms with Gasteiger partial charge in [0.15, 0.2) is 0 Å². The first-order chi connectivity index (χ1) is 9.13. The molecule has 0 bridgehead atoms. The van der Waals surface area contributed by atoms with Crippen LogP contribution in [-0.2, 0) is 24.7 Å². The first-order valence-corrected chi connectivity index (χ1v) is 6.68. The van der Waals surface area contributed by atoms with E-state index in [9.17, 15) is 4.79 Å². The standard InChI is InChI=1S/C16H20N2O/c1-13-3-5-14(6-4-13)7-9-16(19)10-8-15-11-17-18(2)12-15/h3-6,11-12H,7-10H2,1-2H3. The molecule has 1 aromatic heterocycles. The average Bonchev–Trinajstić information content (AvgIpc) is 2.81. The lowest BCUT2D eigenvalue weighted by molar-refractivity contribution is -0.119. The van der Waals surface area contributed by atoms with E-state index in [1.54, 1.807) is 4.68 Å². The van der Waals surface area contributed by atoms with Gasteiger partial charge in [0.25, 0.3) is 0 Å². The van der Waals surface area contributed by atoms with Gasteiger partial charge in [-0.2, -0.15) is 5.10 Å². The fourth-order valence-electron chi connectivity index (χ4n) is 2.05. The molecule has 0 saturated heterocycles. The highest BCUT2D eigenvalue weighted by Gasteiger charge is 2.04. The van der Waals surface area contributed by atoms with Crippen LogP contribution in [0.15, 0.2) is 36.7 Å². The molecule has 0 amide bonds. The molecule has 0 spiro atoms. The summed E-state index contributed by atoms with van der Waals surface area (Å²) in [6.45, 7) is 2.07. The van der Waals surface area contributed by atoms with E-state index in [1.807, 2.05) is 19.4 Å². The van der Waals surface area contributed by atoms with Gasteiger partial charge in [0.2, 0.25) is 0 Å². The Morgan fingerprint density at radius 3 is 2.32 bits per heavy atom. The Balaban J connectivity index is 1.74. The van der Waals surface area contributed by atoms with Crippen LogP contribution in [0.5, 0.6) is 0 Å². The second-order valence-electron chi connectivity index (χ2n) is 5.05. The molecule has 0 radical (unpaired) electrons. The van der Waals surface area contributed by atoms with E-state index in [1.165, 1.54) is 11.1 Å². The van der Waals surface area contributed by atoms with Gasteiger partial charge in [-0.3, -0.25) is 9.48 Å². The van der Waals surface area contributed by atoms with E-state index in [4.69, 9.17) is 0 Å². The van der Waals surface area contributed by atoms with E-state index in [-0.39, 0.29) is 0 Å². The van der Waals surface area contributed by atoms with Crippen molar-refractivity contribution < 1.29 is 4.79 Å². The molecule has 1 aromatic carbocycles. The molecule has 2 aromatic rings. The van der Waals surface area contributed by atoms with Gasteiger partial charge < -0.3 is 0 Å². The highest BCUT2D eigenvalue weighted by Crippen LogP contribution is 2.08. The normalized spacial score (nSPS) is 10.6. The van der Waals surface area contributed by atoms with Crippen molar-refractivity contribution in [1.29, 1.82) is 0 Å². The molecule has 0 aliphatic heterocycles. The number of hydrogen-bond donors (Lipinski definition) is 0. The Kier molecular flexibility index (Phi) is 4.50. The molecule has 3 heteroatoms. The predicted octanol–water partition coefficient (Wildman–Crippen LogP) is 2.86. The lowest BCUT2D eigenvalue weighted by atomic mass is 10.0. The van der Waals surface area contributed by atoms with Crippen molar-refractivity contribution in [3.63, 3.8) is 0 Å². The number of carbonyl (C=O) groups excluding carboxylic acids is 1. The molecule has 100 valence electrons. The average molecular weight is 256 g/mol. The van der Waals surface area contributed by atoms with Gasteiger partial charge in [0.05, 0.1) is 6.20 Å². The SMILES string of the molecule is Cc1ccc(CCC(=O)CCc2cnn(C)c2)cc1. The fourth-order valence-corrected chi connectivity index (χ4v) is 2.05. The third-order valence-electron chi connectivity index (χ3n) is 3.26. The summed E-state index contributed by atoms with van der Waals surface area (Å²) in [4.78, 5) is 11.8. The maximum atomic E-state index is 11.8. The summed E-state index contributed by atoms with van der Waals surface area (Å²) >= 11 is 0. The van der Waals surface area contributed by atoms with E-state index in [0.717, 1.165) is 18.4 Å². The quantitative estimate of drug-likeness (QED) is 0.796. The van der Waals surface area contributed by atoms with Crippen LogP contribution in [0.25, 0.3) is 0 Å². The highest BCUT2D eigenvalue weighted by molar-refractivity contribution is 5.78. The molecule has 3 nitrogen and oxygen atoms in total. The van der Waals surface area contributed by atoms with Crippen LogP contribution in [0.4, 0.5) is 0 Å². The Morgan fingerprint density at radius 2 is 1.74 bits per heavy atom. The van der Waals surface area contributed by atoms with Gasteiger partial charge in [0, 0.05) is 26.1 Å². The highest BCUT2D eigenvalue weighted by atomic mass is 16.1. The van der Waals surface area contributed by atoms with Gasteiger partial charge in [-0.25, -0.2) is 0 Å². The smallest absolute Gasteiger partial charge is 0.133 e. The van der Waals surface area contributed by atoms with Crippen LogP contribution in [0.1, 0.15) is 29.5 Å². The second-order valence-corrected chi connectivity index (χ2v) is 5.05. The van der Waals surface area contributed by atoms with Crippen LogP contribution < -0.4 is 0 Å². The molecular formula is C16H20N2O. The van der Waals surface area contributed by atoms with E-state index in [2.05, 4.69) is 36.3 Å². The van der Waals surface area contributed by atoms with E-state index >= 15 is 0 Å². The van der Waals surface area contributed by atoms with Crippen molar-refractivity contribution in [3.05, 3.63) is 53.3 Å². The molecule has 1 heterocycles. The lowest BCUT2D eigenvalue weighted by Crippen LogP contribution is -2.02. The van der Waals surface area contributed by atoms with Gasteiger partial charge in [-0.1, -0.05) is 29.8 Å². The number of rotatable bonds is 6.